The molecule has 0 heterocycles. The SMILES string of the molecule is N#Cc1ccc(CON=C2C3CC4CC(C3)CC2C4)cc1. The van der Waals surface area contributed by atoms with Crippen LogP contribution in [0, 0.1) is 35.0 Å². The minimum absolute atomic E-state index is 0.501. The van der Waals surface area contributed by atoms with Crippen molar-refractivity contribution in [3.63, 3.8) is 0 Å². The highest BCUT2D eigenvalue weighted by Gasteiger charge is 2.46. The molecule has 5 rings (SSSR count). The molecule has 1 aromatic carbocycles. The van der Waals surface area contributed by atoms with Crippen molar-refractivity contribution in [3.8, 4) is 6.07 Å². The van der Waals surface area contributed by atoms with Crippen LogP contribution in [0.5, 0.6) is 0 Å². The average molecular weight is 280 g/mol. The van der Waals surface area contributed by atoms with E-state index in [1.54, 1.807) is 0 Å². The fourth-order valence-electron chi connectivity index (χ4n) is 4.67. The van der Waals surface area contributed by atoms with Gasteiger partial charge in [-0.3, -0.25) is 0 Å². The number of nitriles is 1. The molecule has 4 saturated carbocycles. The molecule has 0 N–H and O–H groups in total. The molecule has 0 atom stereocenters. The molecule has 0 unspecified atom stereocenters. The van der Waals surface area contributed by atoms with E-state index in [4.69, 9.17) is 10.1 Å². The van der Waals surface area contributed by atoms with Crippen LogP contribution in [-0.4, -0.2) is 5.71 Å². The Morgan fingerprint density at radius 2 is 1.62 bits per heavy atom. The second kappa shape index (κ2) is 5.18. The van der Waals surface area contributed by atoms with Gasteiger partial charge < -0.3 is 4.84 Å². The molecule has 3 nitrogen and oxygen atoms in total. The molecule has 4 bridgehead atoms. The molecule has 21 heavy (non-hydrogen) atoms. The summed E-state index contributed by atoms with van der Waals surface area (Å²) in [5.74, 6) is 3.32. The Morgan fingerprint density at radius 1 is 1.00 bits per heavy atom. The van der Waals surface area contributed by atoms with E-state index in [0.29, 0.717) is 24.0 Å². The molecule has 1 aromatic rings. The second-order valence-corrected chi connectivity index (χ2v) is 6.90. The van der Waals surface area contributed by atoms with E-state index in [1.807, 2.05) is 24.3 Å². The highest BCUT2D eigenvalue weighted by molar-refractivity contribution is 5.90. The summed E-state index contributed by atoms with van der Waals surface area (Å²) in [7, 11) is 0. The minimum atomic E-state index is 0.501. The van der Waals surface area contributed by atoms with Gasteiger partial charge in [-0.2, -0.15) is 5.26 Å². The fraction of sp³-hybridized carbons (Fsp3) is 0.556. The van der Waals surface area contributed by atoms with Crippen molar-refractivity contribution in [3.05, 3.63) is 35.4 Å². The Balaban J connectivity index is 1.40. The van der Waals surface area contributed by atoms with Crippen LogP contribution in [0.15, 0.2) is 29.4 Å². The molecule has 0 spiro atoms. The molecular weight excluding hydrogens is 260 g/mol. The summed E-state index contributed by atoms with van der Waals surface area (Å²) in [6.45, 7) is 0.501. The Hall–Kier alpha value is -1.82. The van der Waals surface area contributed by atoms with E-state index in [-0.39, 0.29) is 0 Å². The molecule has 0 amide bonds. The van der Waals surface area contributed by atoms with E-state index in [1.165, 1.54) is 37.8 Å². The molecule has 0 saturated heterocycles. The molecule has 0 aromatic heterocycles. The Labute approximate surface area is 125 Å². The quantitative estimate of drug-likeness (QED) is 0.788. The van der Waals surface area contributed by atoms with Gasteiger partial charge in [0.15, 0.2) is 0 Å². The van der Waals surface area contributed by atoms with Crippen molar-refractivity contribution in [2.75, 3.05) is 0 Å². The maximum atomic E-state index is 8.79. The van der Waals surface area contributed by atoms with Gasteiger partial charge in [0.25, 0.3) is 0 Å². The second-order valence-electron chi connectivity index (χ2n) is 6.90. The Morgan fingerprint density at radius 3 is 2.19 bits per heavy atom. The summed E-state index contributed by atoms with van der Waals surface area (Å²) in [5.41, 5.74) is 3.10. The summed E-state index contributed by atoms with van der Waals surface area (Å²) in [6.07, 6.45) is 6.82. The first kappa shape index (κ1) is 12.9. The van der Waals surface area contributed by atoms with Crippen molar-refractivity contribution < 1.29 is 4.84 Å². The largest absolute Gasteiger partial charge is 0.391 e. The van der Waals surface area contributed by atoms with E-state index in [0.717, 1.165) is 17.4 Å². The lowest BCUT2D eigenvalue weighted by atomic mass is 9.55. The van der Waals surface area contributed by atoms with Crippen molar-refractivity contribution in [2.45, 2.75) is 38.7 Å². The number of benzene rings is 1. The van der Waals surface area contributed by atoms with Crippen LogP contribution in [0.1, 0.15) is 43.2 Å². The van der Waals surface area contributed by atoms with Crippen LogP contribution in [-0.2, 0) is 11.4 Å². The summed E-state index contributed by atoms with van der Waals surface area (Å²) < 4.78 is 0. The minimum Gasteiger partial charge on any atom is -0.391 e. The first-order chi connectivity index (χ1) is 10.3. The zero-order valence-corrected chi connectivity index (χ0v) is 12.2. The lowest BCUT2D eigenvalue weighted by Crippen LogP contribution is -2.45. The van der Waals surface area contributed by atoms with Crippen LogP contribution in [0.4, 0.5) is 0 Å². The van der Waals surface area contributed by atoms with E-state index >= 15 is 0 Å². The zero-order valence-electron chi connectivity index (χ0n) is 12.2. The van der Waals surface area contributed by atoms with Crippen LogP contribution >= 0.6 is 0 Å². The van der Waals surface area contributed by atoms with Crippen molar-refractivity contribution in [1.29, 1.82) is 5.26 Å². The fourth-order valence-corrected chi connectivity index (χ4v) is 4.67. The normalized spacial score (nSPS) is 32.8. The van der Waals surface area contributed by atoms with Crippen LogP contribution in [0.25, 0.3) is 0 Å². The molecule has 0 radical (unpaired) electrons. The van der Waals surface area contributed by atoms with Crippen molar-refractivity contribution >= 4 is 5.71 Å². The molecule has 108 valence electrons. The van der Waals surface area contributed by atoms with Crippen molar-refractivity contribution in [1.82, 2.24) is 0 Å². The third kappa shape index (κ3) is 2.44. The van der Waals surface area contributed by atoms with Gasteiger partial charge in [-0.05, 0) is 61.6 Å². The first-order valence-corrected chi connectivity index (χ1v) is 8.00. The number of hydrogen-bond acceptors (Lipinski definition) is 3. The van der Waals surface area contributed by atoms with Gasteiger partial charge in [0.1, 0.15) is 6.61 Å². The Kier molecular flexibility index (Phi) is 3.18. The van der Waals surface area contributed by atoms with Gasteiger partial charge in [-0.25, -0.2) is 0 Å². The maximum Gasteiger partial charge on any atom is 0.142 e. The monoisotopic (exact) mass is 280 g/mol. The molecule has 0 aliphatic heterocycles. The summed E-state index contributed by atoms with van der Waals surface area (Å²) >= 11 is 0. The lowest BCUT2D eigenvalue weighted by molar-refractivity contribution is 0.0852. The molecule has 3 heteroatoms. The molecule has 4 fully saturated rings. The summed E-state index contributed by atoms with van der Waals surface area (Å²) in [5, 5.41) is 13.3. The number of nitrogens with zero attached hydrogens (tertiary/aromatic N) is 2. The van der Waals surface area contributed by atoms with Crippen LogP contribution in [0.3, 0.4) is 0 Å². The highest BCUT2D eigenvalue weighted by Crippen LogP contribution is 2.52. The summed E-state index contributed by atoms with van der Waals surface area (Å²) in [6, 6.07) is 9.67. The summed E-state index contributed by atoms with van der Waals surface area (Å²) in [4.78, 5) is 5.62. The molecule has 4 aliphatic rings. The topological polar surface area (TPSA) is 45.4 Å². The highest BCUT2D eigenvalue weighted by atomic mass is 16.6. The van der Waals surface area contributed by atoms with Gasteiger partial charge in [-0.15, -0.1) is 0 Å². The van der Waals surface area contributed by atoms with E-state index < -0.39 is 0 Å². The zero-order chi connectivity index (χ0) is 14.2. The predicted octanol–water partition coefficient (Wildman–Crippen LogP) is 3.89. The molecule has 4 aliphatic carbocycles. The van der Waals surface area contributed by atoms with Gasteiger partial charge >= 0.3 is 0 Å². The number of oxime groups is 1. The van der Waals surface area contributed by atoms with E-state index in [9.17, 15) is 0 Å². The van der Waals surface area contributed by atoms with Gasteiger partial charge in [0.05, 0.1) is 17.3 Å². The lowest BCUT2D eigenvalue weighted by Gasteiger charge is -2.49. The van der Waals surface area contributed by atoms with Gasteiger partial charge in [0.2, 0.25) is 0 Å². The number of hydrogen-bond donors (Lipinski definition) is 0. The first-order valence-electron chi connectivity index (χ1n) is 8.00. The third-order valence-corrected chi connectivity index (χ3v) is 5.46. The maximum absolute atomic E-state index is 8.79. The third-order valence-electron chi connectivity index (χ3n) is 5.46. The van der Waals surface area contributed by atoms with Gasteiger partial charge in [-0.1, -0.05) is 17.3 Å². The van der Waals surface area contributed by atoms with Crippen LogP contribution in [0.2, 0.25) is 0 Å². The van der Waals surface area contributed by atoms with E-state index in [2.05, 4.69) is 11.2 Å². The van der Waals surface area contributed by atoms with Gasteiger partial charge in [0, 0.05) is 11.8 Å². The molecular formula is C18H20N2O. The average Bonchev–Trinajstić information content (AvgIpc) is 2.50. The standard InChI is InChI=1S/C18H20N2O/c19-10-12-1-3-13(4-2-12)11-21-20-18-16-6-14-5-15(8-16)9-17(18)7-14/h1-4,14-17H,5-9,11H2. The predicted molar refractivity (Wildman–Crippen MR) is 80.4 cm³/mol. The van der Waals surface area contributed by atoms with Crippen molar-refractivity contribution in [2.24, 2.45) is 28.8 Å². The van der Waals surface area contributed by atoms with Crippen LogP contribution < -0.4 is 0 Å². The number of rotatable bonds is 3. The smallest absolute Gasteiger partial charge is 0.142 e. The Bertz CT molecular complexity index is 567.